The van der Waals surface area contributed by atoms with Gasteiger partial charge in [-0.25, -0.2) is 19.4 Å². The van der Waals surface area contributed by atoms with Crippen molar-refractivity contribution in [2.75, 3.05) is 29.9 Å². The number of phenols is 1. The number of aromatic nitrogens is 5. The Morgan fingerprint density at radius 2 is 2.00 bits per heavy atom. The smallest absolute Gasteiger partial charge is 0.407 e. The summed E-state index contributed by atoms with van der Waals surface area (Å²) in [5.74, 6) is 1.99. The lowest BCUT2D eigenvalue weighted by molar-refractivity contribution is 0.136. The topological polar surface area (TPSA) is 133 Å². The molecule has 33 heavy (non-hydrogen) atoms. The van der Waals surface area contributed by atoms with Crippen molar-refractivity contribution in [3.05, 3.63) is 55.1 Å². The number of rotatable bonds is 4. The van der Waals surface area contributed by atoms with Crippen LogP contribution in [0.1, 0.15) is 6.92 Å². The van der Waals surface area contributed by atoms with E-state index >= 15 is 0 Å². The Morgan fingerprint density at radius 1 is 1.12 bits per heavy atom. The van der Waals surface area contributed by atoms with Crippen molar-refractivity contribution in [2.45, 2.75) is 13.0 Å². The Balaban J connectivity index is 1.52. The molecule has 0 unspecified atom stereocenters. The van der Waals surface area contributed by atoms with E-state index < -0.39 is 6.09 Å². The first-order valence-electron chi connectivity index (χ1n) is 10.5. The van der Waals surface area contributed by atoms with E-state index in [2.05, 4.69) is 25.2 Å². The predicted molar refractivity (Wildman–Crippen MR) is 122 cm³/mol. The number of benzene rings is 1. The number of hydrogen-bond acceptors (Lipinski definition) is 8. The number of nitrogens with one attached hydrogen (secondary N) is 1. The molecule has 0 radical (unpaired) electrons. The minimum absolute atomic E-state index is 0.0232. The fourth-order valence-corrected chi connectivity index (χ4v) is 4.05. The standard InChI is InChI=1S/C22H22N8O3/c1-14-13-28(22(32)33)8-9-29(14)20-10-15(4-5-25-20)30-18-11-16(31)2-3-17(18)21(27-30)26-19-12-23-6-7-24-19/h2-7,10-12,14,31H,8-9,13H2,1H3,(H,32,33)(H,24,26,27)/t14-/m0/s1. The largest absolute Gasteiger partial charge is 0.508 e. The Hall–Kier alpha value is -4.41. The molecule has 11 heteroatoms. The van der Waals surface area contributed by atoms with Gasteiger partial charge in [0.1, 0.15) is 17.4 Å². The molecule has 3 aromatic heterocycles. The third-order valence-electron chi connectivity index (χ3n) is 5.64. The molecule has 1 aromatic carbocycles. The molecule has 0 bridgehead atoms. The molecule has 5 rings (SSSR count). The fraction of sp³-hybridized carbons (Fsp3) is 0.227. The van der Waals surface area contributed by atoms with E-state index in [-0.39, 0.29) is 11.8 Å². The molecule has 4 heterocycles. The van der Waals surface area contributed by atoms with Crippen LogP contribution < -0.4 is 10.2 Å². The van der Waals surface area contributed by atoms with Gasteiger partial charge in [-0.3, -0.25) is 4.98 Å². The minimum Gasteiger partial charge on any atom is -0.508 e. The van der Waals surface area contributed by atoms with Crippen molar-refractivity contribution >= 4 is 34.4 Å². The normalized spacial score (nSPS) is 16.2. The Morgan fingerprint density at radius 3 is 2.76 bits per heavy atom. The van der Waals surface area contributed by atoms with Crippen LogP contribution in [0, 0.1) is 0 Å². The van der Waals surface area contributed by atoms with Gasteiger partial charge in [0.15, 0.2) is 5.82 Å². The van der Waals surface area contributed by atoms with Crippen molar-refractivity contribution in [3.8, 4) is 11.4 Å². The van der Waals surface area contributed by atoms with Gasteiger partial charge in [0.2, 0.25) is 0 Å². The number of fused-ring (bicyclic) bond motifs is 1. The molecular formula is C22H22N8O3. The maximum atomic E-state index is 11.3. The maximum absolute atomic E-state index is 11.3. The SMILES string of the molecule is C[C@H]1CN(C(=O)O)CCN1c1cc(-n2nc(Nc3cnccn3)c3ccc(O)cc32)ccn1. The van der Waals surface area contributed by atoms with Crippen LogP contribution in [0.2, 0.25) is 0 Å². The molecule has 0 spiro atoms. The average Bonchev–Trinajstić information content (AvgIpc) is 3.17. The van der Waals surface area contributed by atoms with E-state index in [0.29, 0.717) is 36.8 Å². The van der Waals surface area contributed by atoms with Crippen LogP contribution in [-0.4, -0.2) is 71.6 Å². The van der Waals surface area contributed by atoms with Crippen LogP contribution in [0.4, 0.5) is 22.2 Å². The molecule has 1 aliphatic heterocycles. The van der Waals surface area contributed by atoms with Gasteiger partial charge in [-0.2, -0.15) is 0 Å². The Labute approximate surface area is 188 Å². The lowest BCUT2D eigenvalue weighted by Gasteiger charge is -2.39. The summed E-state index contributed by atoms with van der Waals surface area (Å²) in [6.07, 6.45) is 5.58. The number of amides is 1. The van der Waals surface area contributed by atoms with Gasteiger partial charge in [0.05, 0.1) is 17.4 Å². The van der Waals surface area contributed by atoms with Crippen molar-refractivity contribution in [3.63, 3.8) is 0 Å². The zero-order valence-corrected chi connectivity index (χ0v) is 17.8. The highest BCUT2D eigenvalue weighted by Gasteiger charge is 2.27. The van der Waals surface area contributed by atoms with E-state index in [4.69, 9.17) is 5.10 Å². The summed E-state index contributed by atoms with van der Waals surface area (Å²) >= 11 is 0. The zero-order valence-electron chi connectivity index (χ0n) is 17.8. The Bertz CT molecular complexity index is 1310. The summed E-state index contributed by atoms with van der Waals surface area (Å²) in [6, 6.07) is 8.78. The number of piperazine rings is 1. The number of phenolic OH excluding ortho intramolecular Hbond substituents is 1. The molecule has 0 aliphatic carbocycles. The summed E-state index contributed by atoms with van der Waals surface area (Å²) in [5.41, 5.74) is 1.47. The summed E-state index contributed by atoms with van der Waals surface area (Å²) in [4.78, 5) is 27.7. The van der Waals surface area contributed by atoms with Crippen LogP contribution >= 0.6 is 0 Å². The molecule has 1 fully saturated rings. The predicted octanol–water partition coefficient (Wildman–Crippen LogP) is 2.85. The van der Waals surface area contributed by atoms with Gasteiger partial charge in [-0.15, -0.1) is 5.10 Å². The summed E-state index contributed by atoms with van der Waals surface area (Å²) < 4.78 is 1.73. The molecule has 0 saturated carbocycles. The molecule has 1 amide bonds. The van der Waals surface area contributed by atoms with Crippen LogP contribution in [0.3, 0.4) is 0 Å². The third kappa shape index (κ3) is 3.95. The van der Waals surface area contributed by atoms with E-state index in [1.54, 1.807) is 47.7 Å². The molecule has 1 aliphatic rings. The van der Waals surface area contributed by atoms with Crippen LogP contribution in [0.25, 0.3) is 16.6 Å². The molecule has 3 N–H and O–H groups in total. The summed E-state index contributed by atoms with van der Waals surface area (Å²) in [5, 5.41) is 28.1. The van der Waals surface area contributed by atoms with Gasteiger partial charge in [-0.05, 0) is 25.1 Å². The van der Waals surface area contributed by atoms with Crippen molar-refractivity contribution in [2.24, 2.45) is 0 Å². The average molecular weight is 446 g/mol. The highest BCUT2D eigenvalue weighted by Crippen LogP contribution is 2.31. The number of carboxylic acid groups (broad SMARTS) is 1. The second kappa shape index (κ2) is 8.26. The van der Waals surface area contributed by atoms with E-state index in [9.17, 15) is 15.0 Å². The summed E-state index contributed by atoms with van der Waals surface area (Å²) in [7, 11) is 0. The van der Waals surface area contributed by atoms with Crippen molar-refractivity contribution < 1.29 is 15.0 Å². The van der Waals surface area contributed by atoms with Crippen molar-refractivity contribution in [1.29, 1.82) is 0 Å². The first-order valence-corrected chi connectivity index (χ1v) is 10.5. The second-order valence-electron chi connectivity index (χ2n) is 7.82. The van der Waals surface area contributed by atoms with Crippen LogP contribution in [0.15, 0.2) is 55.1 Å². The van der Waals surface area contributed by atoms with Gasteiger partial charge < -0.3 is 25.3 Å². The van der Waals surface area contributed by atoms with E-state index in [1.807, 2.05) is 19.1 Å². The molecule has 1 atom stereocenters. The molecule has 168 valence electrons. The molecule has 1 saturated heterocycles. The number of aromatic hydroxyl groups is 1. The summed E-state index contributed by atoms with van der Waals surface area (Å²) in [6.45, 7) is 3.35. The molecule has 4 aromatic rings. The highest BCUT2D eigenvalue weighted by atomic mass is 16.4. The lowest BCUT2D eigenvalue weighted by atomic mass is 10.2. The maximum Gasteiger partial charge on any atom is 0.407 e. The zero-order chi connectivity index (χ0) is 22.9. The fourth-order valence-electron chi connectivity index (χ4n) is 4.05. The highest BCUT2D eigenvalue weighted by molar-refractivity contribution is 5.93. The number of nitrogens with zero attached hydrogens (tertiary/aromatic N) is 7. The van der Waals surface area contributed by atoms with Gasteiger partial charge in [0, 0.05) is 61.8 Å². The second-order valence-corrected chi connectivity index (χ2v) is 7.82. The Kier molecular flexibility index (Phi) is 5.13. The van der Waals surface area contributed by atoms with Crippen LogP contribution in [0.5, 0.6) is 5.75 Å². The first-order chi connectivity index (χ1) is 16.0. The monoisotopic (exact) mass is 446 g/mol. The molecular weight excluding hydrogens is 424 g/mol. The van der Waals surface area contributed by atoms with Gasteiger partial charge in [-0.1, -0.05) is 0 Å². The first kappa shape index (κ1) is 20.5. The number of pyridine rings is 1. The third-order valence-corrected chi connectivity index (χ3v) is 5.64. The number of hydrogen-bond donors (Lipinski definition) is 3. The number of anilines is 3. The number of carbonyl (C=O) groups is 1. The van der Waals surface area contributed by atoms with Gasteiger partial charge in [0.25, 0.3) is 0 Å². The lowest BCUT2D eigenvalue weighted by Crippen LogP contribution is -2.53. The van der Waals surface area contributed by atoms with E-state index in [0.717, 1.165) is 16.9 Å². The quantitative estimate of drug-likeness (QED) is 0.433. The minimum atomic E-state index is -0.908. The van der Waals surface area contributed by atoms with Crippen molar-refractivity contribution in [1.82, 2.24) is 29.6 Å². The van der Waals surface area contributed by atoms with Crippen LogP contribution in [-0.2, 0) is 0 Å². The molecule has 11 nitrogen and oxygen atoms in total. The van der Waals surface area contributed by atoms with E-state index in [1.165, 1.54) is 4.90 Å². The van der Waals surface area contributed by atoms with Gasteiger partial charge >= 0.3 is 6.09 Å².